The SMILES string of the molecule is c1cc(-c2nc3c(c(NC[C@H]4COCCO4)n2)CCNCC3)ccn1. The molecular weight excluding hydrogens is 318 g/mol. The van der Waals surface area contributed by atoms with E-state index in [4.69, 9.17) is 19.4 Å². The number of hydrogen-bond acceptors (Lipinski definition) is 7. The van der Waals surface area contributed by atoms with Gasteiger partial charge < -0.3 is 20.1 Å². The number of ether oxygens (including phenoxy) is 2. The third-order valence-corrected chi connectivity index (χ3v) is 4.50. The molecule has 2 N–H and O–H groups in total. The van der Waals surface area contributed by atoms with E-state index >= 15 is 0 Å². The van der Waals surface area contributed by atoms with E-state index in [-0.39, 0.29) is 6.10 Å². The van der Waals surface area contributed by atoms with Gasteiger partial charge in [0.05, 0.1) is 31.6 Å². The molecule has 0 amide bonds. The Hall–Kier alpha value is -2.09. The van der Waals surface area contributed by atoms with Crippen LogP contribution in [0.3, 0.4) is 0 Å². The first-order valence-electron chi connectivity index (χ1n) is 8.84. The van der Waals surface area contributed by atoms with Crippen LogP contribution >= 0.6 is 0 Å². The third-order valence-electron chi connectivity index (χ3n) is 4.50. The Labute approximate surface area is 147 Å². The summed E-state index contributed by atoms with van der Waals surface area (Å²) in [6.07, 6.45) is 5.44. The minimum Gasteiger partial charge on any atom is -0.376 e. The molecule has 2 aliphatic heterocycles. The van der Waals surface area contributed by atoms with Crippen LogP contribution < -0.4 is 10.6 Å². The molecule has 4 rings (SSSR count). The van der Waals surface area contributed by atoms with E-state index in [9.17, 15) is 0 Å². The number of nitrogens with one attached hydrogen (secondary N) is 2. The van der Waals surface area contributed by atoms with Crippen molar-refractivity contribution in [2.45, 2.75) is 18.9 Å². The highest BCUT2D eigenvalue weighted by molar-refractivity contribution is 5.59. The highest BCUT2D eigenvalue weighted by Crippen LogP contribution is 2.24. The van der Waals surface area contributed by atoms with Crippen LogP contribution in [0.5, 0.6) is 0 Å². The summed E-state index contributed by atoms with van der Waals surface area (Å²) in [7, 11) is 0. The maximum atomic E-state index is 5.73. The van der Waals surface area contributed by atoms with Crippen molar-refractivity contribution in [1.82, 2.24) is 20.3 Å². The number of nitrogens with zero attached hydrogens (tertiary/aromatic N) is 3. The molecule has 2 aromatic rings. The smallest absolute Gasteiger partial charge is 0.161 e. The van der Waals surface area contributed by atoms with Crippen LogP contribution in [0.25, 0.3) is 11.4 Å². The van der Waals surface area contributed by atoms with Gasteiger partial charge in [-0.2, -0.15) is 0 Å². The summed E-state index contributed by atoms with van der Waals surface area (Å²) in [5, 5.41) is 6.92. The van der Waals surface area contributed by atoms with Gasteiger partial charge in [0.1, 0.15) is 5.82 Å². The molecule has 0 spiro atoms. The average Bonchev–Trinajstić information content (AvgIpc) is 2.93. The summed E-state index contributed by atoms with van der Waals surface area (Å²) in [5.74, 6) is 1.65. The minimum atomic E-state index is 0.0626. The second kappa shape index (κ2) is 7.86. The molecule has 1 fully saturated rings. The van der Waals surface area contributed by atoms with Crippen molar-refractivity contribution in [3.05, 3.63) is 35.8 Å². The van der Waals surface area contributed by atoms with E-state index in [0.717, 1.165) is 48.8 Å². The molecule has 0 saturated carbocycles. The highest BCUT2D eigenvalue weighted by atomic mass is 16.6. The van der Waals surface area contributed by atoms with Crippen molar-refractivity contribution in [2.75, 3.05) is 44.8 Å². The summed E-state index contributed by atoms with van der Waals surface area (Å²) < 4.78 is 11.2. The number of anilines is 1. The largest absolute Gasteiger partial charge is 0.376 e. The first kappa shape index (κ1) is 16.4. The standard InChI is InChI=1S/C18H23N5O2/c1-5-19-6-2-13(1)17-22-16-4-8-20-7-3-15(16)18(23-17)21-11-14-12-24-9-10-25-14/h1-2,5-6,14,20H,3-4,7-12H2,(H,21,22,23)/t14-/m0/s1. The van der Waals surface area contributed by atoms with Gasteiger partial charge in [0.15, 0.2) is 5.82 Å². The molecule has 0 aliphatic carbocycles. The van der Waals surface area contributed by atoms with Crippen molar-refractivity contribution in [3.8, 4) is 11.4 Å². The Balaban J connectivity index is 1.62. The van der Waals surface area contributed by atoms with E-state index in [1.807, 2.05) is 12.1 Å². The Morgan fingerprint density at radius 3 is 2.84 bits per heavy atom. The molecule has 25 heavy (non-hydrogen) atoms. The maximum absolute atomic E-state index is 5.73. The lowest BCUT2D eigenvalue weighted by Crippen LogP contribution is -2.34. The zero-order valence-corrected chi connectivity index (χ0v) is 14.2. The van der Waals surface area contributed by atoms with Gasteiger partial charge in [-0.05, 0) is 25.1 Å². The quantitative estimate of drug-likeness (QED) is 0.860. The molecular formula is C18H23N5O2. The Morgan fingerprint density at radius 2 is 2.00 bits per heavy atom. The predicted octanol–water partition coefficient (Wildman–Crippen LogP) is 1.05. The molecule has 2 aromatic heterocycles. The minimum absolute atomic E-state index is 0.0626. The third kappa shape index (κ3) is 3.95. The van der Waals surface area contributed by atoms with Crippen molar-refractivity contribution < 1.29 is 9.47 Å². The summed E-state index contributed by atoms with van der Waals surface area (Å²) in [5.41, 5.74) is 3.31. The van der Waals surface area contributed by atoms with Crippen LogP contribution in [0.2, 0.25) is 0 Å². The second-order valence-electron chi connectivity index (χ2n) is 6.26. The molecule has 1 atom stereocenters. The van der Waals surface area contributed by atoms with E-state index in [1.54, 1.807) is 12.4 Å². The number of aromatic nitrogens is 3. The lowest BCUT2D eigenvalue weighted by atomic mass is 10.1. The molecule has 4 heterocycles. The molecule has 0 unspecified atom stereocenters. The Bertz CT molecular complexity index is 704. The van der Waals surface area contributed by atoms with E-state index in [0.29, 0.717) is 26.4 Å². The van der Waals surface area contributed by atoms with Gasteiger partial charge in [0.25, 0.3) is 0 Å². The number of pyridine rings is 1. The fourth-order valence-electron chi connectivity index (χ4n) is 3.19. The molecule has 7 nitrogen and oxygen atoms in total. The van der Waals surface area contributed by atoms with Gasteiger partial charge in [0.2, 0.25) is 0 Å². The first-order valence-corrected chi connectivity index (χ1v) is 8.84. The van der Waals surface area contributed by atoms with Crippen molar-refractivity contribution in [1.29, 1.82) is 0 Å². The molecule has 0 radical (unpaired) electrons. The molecule has 2 aliphatic rings. The number of fused-ring (bicyclic) bond motifs is 1. The zero-order chi connectivity index (χ0) is 16.9. The van der Waals surface area contributed by atoms with Gasteiger partial charge in [-0.25, -0.2) is 9.97 Å². The second-order valence-corrected chi connectivity index (χ2v) is 6.26. The summed E-state index contributed by atoms with van der Waals surface area (Å²) in [4.78, 5) is 13.7. The zero-order valence-electron chi connectivity index (χ0n) is 14.2. The normalized spacial score (nSPS) is 20.6. The summed E-state index contributed by atoms with van der Waals surface area (Å²) in [6, 6.07) is 3.89. The van der Waals surface area contributed by atoms with Gasteiger partial charge in [-0.3, -0.25) is 4.98 Å². The van der Waals surface area contributed by atoms with Crippen LogP contribution in [0.1, 0.15) is 11.3 Å². The molecule has 0 aromatic carbocycles. The monoisotopic (exact) mass is 341 g/mol. The van der Waals surface area contributed by atoms with Gasteiger partial charge in [0, 0.05) is 43.0 Å². The molecule has 0 bridgehead atoms. The van der Waals surface area contributed by atoms with Crippen LogP contribution in [0.15, 0.2) is 24.5 Å². The van der Waals surface area contributed by atoms with Crippen LogP contribution in [0.4, 0.5) is 5.82 Å². The molecule has 132 valence electrons. The Kier molecular flexibility index (Phi) is 5.15. The Morgan fingerprint density at radius 1 is 1.12 bits per heavy atom. The fraction of sp³-hybridized carbons (Fsp3) is 0.500. The van der Waals surface area contributed by atoms with Crippen molar-refractivity contribution in [2.24, 2.45) is 0 Å². The van der Waals surface area contributed by atoms with Gasteiger partial charge >= 0.3 is 0 Å². The number of rotatable bonds is 4. The topological polar surface area (TPSA) is 81.2 Å². The van der Waals surface area contributed by atoms with Gasteiger partial charge in [-0.1, -0.05) is 0 Å². The average molecular weight is 341 g/mol. The fourth-order valence-corrected chi connectivity index (χ4v) is 3.19. The summed E-state index contributed by atoms with van der Waals surface area (Å²) in [6.45, 7) is 4.53. The number of hydrogen-bond donors (Lipinski definition) is 2. The van der Waals surface area contributed by atoms with Crippen LogP contribution in [-0.4, -0.2) is 60.5 Å². The van der Waals surface area contributed by atoms with Crippen molar-refractivity contribution >= 4 is 5.82 Å². The van der Waals surface area contributed by atoms with E-state index in [2.05, 4.69) is 15.6 Å². The highest BCUT2D eigenvalue weighted by Gasteiger charge is 2.19. The van der Waals surface area contributed by atoms with Gasteiger partial charge in [-0.15, -0.1) is 0 Å². The molecule has 7 heteroatoms. The predicted molar refractivity (Wildman–Crippen MR) is 94.6 cm³/mol. The lowest BCUT2D eigenvalue weighted by Gasteiger charge is -2.24. The lowest BCUT2D eigenvalue weighted by molar-refractivity contribution is -0.0819. The van der Waals surface area contributed by atoms with Crippen molar-refractivity contribution in [3.63, 3.8) is 0 Å². The summed E-state index contributed by atoms with van der Waals surface area (Å²) >= 11 is 0. The molecule has 1 saturated heterocycles. The van der Waals surface area contributed by atoms with E-state index in [1.165, 1.54) is 5.56 Å². The van der Waals surface area contributed by atoms with Crippen LogP contribution in [0, 0.1) is 0 Å². The van der Waals surface area contributed by atoms with Crippen LogP contribution in [-0.2, 0) is 22.3 Å². The first-order chi connectivity index (χ1) is 12.4. The van der Waals surface area contributed by atoms with E-state index < -0.39 is 0 Å². The maximum Gasteiger partial charge on any atom is 0.161 e.